The van der Waals surface area contributed by atoms with E-state index in [1.807, 2.05) is 17.7 Å². The molecular weight excluding hydrogens is 380 g/mol. The summed E-state index contributed by atoms with van der Waals surface area (Å²) < 4.78 is 27.7. The van der Waals surface area contributed by atoms with E-state index >= 15 is 0 Å². The summed E-state index contributed by atoms with van der Waals surface area (Å²) in [4.78, 5) is 17.7. The van der Waals surface area contributed by atoms with Crippen molar-refractivity contribution in [3.05, 3.63) is 57.9 Å². The van der Waals surface area contributed by atoms with E-state index in [-0.39, 0.29) is 10.5 Å². The number of hydrogen-bond donors (Lipinski definition) is 0. The zero-order chi connectivity index (χ0) is 19.9. The second-order valence-corrected chi connectivity index (χ2v) is 10.3. The number of nitrogens with zero attached hydrogens (tertiary/aromatic N) is 2. The maximum atomic E-state index is 12.7. The zero-order valence-corrected chi connectivity index (χ0v) is 17.6. The summed E-state index contributed by atoms with van der Waals surface area (Å²) >= 11 is 1.44. The predicted octanol–water partition coefficient (Wildman–Crippen LogP) is 3.78. The Morgan fingerprint density at radius 3 is 2.52 bits per heavy atom. The van der Waals surface area contributed by atoms with Crippen LogP contribution in [-0.4, -0.2) is 24.1 Å². The number of sulfone groups is 1. The fourth-order valence-electron chi connectivity index (χ4n) is 2.87. The van der Waals surface area contributed by atoms with E-state index in [1.165, 1.54) is 29.0 Å². The van der Waals surface area contributed by atoms with Crippen LogP contribution < -0.4 is 4.80 Å². The Labute approximate surface area is 162 Å². The quantitative estimate of drug-likeness (QED) is 0.669. The highest BCUT2D eigenvalue weighted by Gasteiger charge is 2.20. The molecule has 0 fully saturated rings. The van der Waals surface area contributed by atoms with Gasteiger partial charge in [-0.25, -0.2) is 8.42 Å². The third-order valence-corrected chi connectivity index (χ3v) is 7.96. The third kappa shape index (κ3) is 3.49. The zero-order valence-electron chi connectivity index (χ0n) is 16.0. The fraction of sp³-hybridized carbons (Fsp3) is 0.300. The van der Waals surface area contributed by atoms with Crippen molar-refractivity contribution in [3.8, 4) is 0 Å². The van der Waals surface area contributed by atoms with E-state index in [4.69, 9.17) is 0 Å². The smallest absolute Gasteiger partial charge is 0.279 e. The molecule has 0 saturated heterocycles. The van der Waals surface area contributed by atoms with Crippen LogP contribution >= 0.6 is 11.3 Å². The lowest BCUT2D eigenvalue weighted by Gasteiger charge is -2.08. The molecule has 0 unspecified atom stereocenters. The molecule has 2 aromatic carbocycles. The molecule has 0 atom stereocenters. The SMILES string of the molecule is Cc1ccc2sc(=NC(=O)c3cccc(S(=O)(=O)C(C)C)c3)n(C)c2c1C. The fourth-order valence-corrected chi connectivity index (χ4v) is 5.05. The van der Waals surface area contributed by atoms with Gasteiger partial charge >= 0.3 is 0 Å². The first-order valence-corrected chi connectivity index (χ1v) is 11.0. The van der Waals surface area contributed by atoms with Crippen LogP contribution in [0.15, 0.2) is 46.3 Å². The lowest BCUT2D eigenvalue weighted by Crippen LogP contribution is -2.16. The average Bonchev–Trinajstić information content (AvgIpc) is 2.94. The molecule has 7 heteroatoms. The van der Waals surface area contributed by atoms with Crippen molar-refractivity contribution >= 4 is 37.3 Å². The first kappa shape index (κ1) is 19.5. The van der Waals surface area contributed by atoms with Crippen molar-refractivity contribution < 1.29 is 13.2 Å². The summed E-state index contributed by atoms with van der Waals surface area (Å²) in [6, 6.07) is 10.2. The van der Waals surface area contributed by atoms with Gasteiger partial charge in [0.05, 0.1) is 20.4 Å². The Kier molecular flexibility index (Phi) is 5.10. The van der Waals surface area contributed by atoms with E-state index in [0.29, 0.717) is 4.80 Å². The summed E-state index contributed by atoms with van der Waals surface area (Å²) in [6.45, 7) is 7.34. The molecule has 5 nitrogen and oxygen atoms in total. The van der Waals surface area contributed by atoms with E-state index in [9.17, 15) is 13.2 Å². The molecule has 0 bridgehead atoms. The van der Waals surface area contributed by atoms with Crippen LogP contribution in [0.2, 0.25) is 0 Å². The van der Waals surface area contributed by atoms with E-state index in [0.717, 1.165) is 15.8 Å². The molecule has 27 heavy (non-hydrogen) atoms. The van der Waals surface area contributed by atoms with E-state index < -0.39 is 21.0 Å². The summed E-state index contributed by atoms with van der Waals surface area (Å²) in [5.74, 6) is -0.452. The molecule has 0 aliphatic heterocycles. The Hall–Kier alpha value is -2.25. The lowest BCUT2D eigenvalue weighted by atomic mass is 10.1. The van der Waals surface area contributed by atoms with Crippen molar-refractivity contribution in [2.24, 2.45) is 12.0 Å². The van der Waals surface area contributed by atoms with Gasteiger partial charge in [0.1, 0.15) is 0 Å². The van der Waals surface area contributed by atoms with Crippen LogP contribution in [0.3, 0.4) is 0 Å². The number of hydrogen-bond acceptors (Lipinski definition) is 4. The van der Waals surface area contributed by atoms with Crippen molar-refractivity contribution in [2.75, 3.05) is 0 Å². The lowest BCUT2D eigenvalue weighted by molar-refractivity contribution is 0.0997. The molecule has 142 valence electrons. The molecule has 0 N–H and O–H groups in total. The first-order valence-electron chi connectivity index (χ1n) is 8.61. The number of fused-ring (bicyclic) bond motifs is 1. The summed E-state index contributed by atoms with van der Waals surface area (Å²) in [6.07, 6.45) is 0. The highest BCUT2D eigenvalue weighted by atomic mass is 32.2. The molecule has 0 saturated carbocycles. The van der Waals surface area contributed by atoms with Crippen molar-refractivity contribution in [1.82, 2.24) is 4.57 Å². The van der Waals surface area contributed by atoms with Gasteiger partial charge in [-0.1, -0.05) is 23.5 Å². The molecule has 3 rings (SSSR count). The number of benzene rings is 2. The summed E-state index contributed by atoms with van der Waals surface area (Å²) in [5, 5.41) is -0.550. The minimum absolute atomic E-state index is 0.144. The molecule has 3 aromatic rings. The normalized spacial score (nSPS) is 12.9. The second kappa shape index (κ2) is 7.05. The number of carbonyl (C=O) groups excluding carboxylic acids is 1. The number of carbonyl (C=O) groups is 1. The molecule has 0 aliphatic carbocycles. The average molecular weight is 403 g/mol. The highest BCUT2D eigenvalue weighted by Crippen LogP contribution is 2.23. The van der Waals surface area contributed by atoms with Gasteiger partial charge in [-0.15, -0.1) is 0 Å². The maximum Gasteiger partial charge on any atom is 0.279 e. The number of aryl methyl sites for hydroxylation is 3. The van der Waals surface area contributed by atoms with Crippen molar-refractivity contribution in [3.63, 3.8) is 0 Å². The van der Waals surface area contributed by atoms with Crippen LogP contribution in [0, 0.1) is 13.8 Å². The van der Waals surface area contributed by atoms with E-state index in [2.05, 4.69) is 24.9 Å². The second-order valence-electron chi connectivity index (χ2n) is 6.84. The van der Waals surface area contributed by atoms with Gasteiger partial charge in [-0.3, -0.25) is 4.79 Å². The largest absolute Gasteiger partial charge is 0.319 e. The minimum Gasteiger partial charge on any atom is -0.319 e. The van der Waals surface area contributed by atoms with Gasteiger partial charge in [-0.05, 0) is 63.1 Å². The Morgan fingerprint density at radius 1 is 1.15 bits per heavy atom. The summed E-state index contributed by atoms with van der Waals surface area (Å²) in [7, 11) is -1.56. The number of thiazole rings is 1. The highest BCUT2D eigenvalue weighted by molar-refractivity contribution is 7.92. The van der Waals surface area contributed by atoms with Crippen LogP contribution in [0.25, 0.3) is 10.2 Å². The third-order valence-electron chi connectivity index (χ3n) is 4.72. The Bertz CT molecular complexity index is 1220. The molecule has 0 spiro atoms. The maximum absolute atomic E-state index is 12.7. The molecule has 0 aliphatic rings. The van der Waals surface area contributed by atoms with Gasteiger partial charge in [0.15, 0.2) is 14.6 Å². The minimum atomic E-state index is -3.44. The van der Waals surface area contributed by atoms with Gasteiger partial charge in [0.25, 0.3) is 5.91 Å². The van der Waals surface area contributed by atoms with Crippen molar-refractivity contribution in [1.29, 1.82) is 0 Å². The van der Waals surface area contributed by atoms with Gasteiger partial charge in [0.2, 0.25) is 0 Å². The van der Waals surface area contributed by atoms with Gasteiger partial charge in [-0.2, -0.15) is 4.99 Å². The van der Waals surface area contributed by atoms with Crippen LogP contribution in [0.4, 0.5) is 0 Å². The van der Waals surface area contributed by atoms with E-state index in [1.54, 1.807) is 26.0 Å². The van der Waals surface area contributed by atoms with Gasteiger partial charge < -0.3 is 4.57 Å². The molecule has 1 aromatic heterocycles. The molecular formula is C20H22N2O3S2. The standard InChI is InChI=1S/C20H22N2O3S2/c1-12(2)27(24,25)16-8-6-7-15(11-16)19(23)21-20-22(5)18-14(4)13(3)9-10-17(18)26-20/h6-12H,1-5H3. The molecule has 1 amide bonds. The van der Waals surface area contributed by atoms with Crippen LogP contribution in [0.5, 0.6) is 0 Å². The van der Waals surface area contributed by atoms with Gasteiger partial charge in [0, 0.05) is 12.6 Å². The number of amides is 1. The van der Waals surface area contributed by atoms with Crippen LogP contribution in [-0.2, 0) is 16.9 Å². The topological polar surface area (TPSA) is 68.5 Å². The monoisotopic (exact) mass is 402 g/mol. The Morgan fingerprint density at radius 2 is 1.85 bits per heavy atom. The number of rotatable bonds is 3. The summed E-state index contributed by atoms with van der Waals surface area (Å²) in [5.41, 5.74) is 3.66. The Balaban J connectivity index is 2.10. The van der Waals surface area contributed by atoms with Crippen molar-refractivity contribution in [2.45, 2.75) is 37.8 Å². The predicted molar refractivity (Wildman–Crippen MR) is 109 cm³/mol. The number of aromatic nitrogens is 1. The molecule has 1 heterocycles. The first-order chi connectivity index (χ1) is 12.6. The molecule has 0 radical (unpaired) electrons. The van der Waals surface area contributed by atoms with Crippen LogP contribution in [0.1, 0.15) is 35.3 Å².